The van der Waals surface area contributed by atoms with Gasteiger partial charge in [-0.15, -0.1) is 0 Å². The summed E-state index contributed by atoms with van der Waals surface area (Å²) in [5.74, 6) is -1.03. The van der Waals surface area contributed by atoms with E-state index in [1.807, 2.05) is 4.90 Å². The number of likely N-dealkylation sites (tertiary alicyclic amines) is 1. The van der Waals surface area contributed by atoms with Crippen molar-refractivity contribution in [3.05, 3.63) is 29.0 Å². The van der Waals surface area contributed by atoms with E-state index in [1.165, 1.54) is 18.2 Å². The highest BCUT2D eigenvalue weighted by molar-refractivity contribution is 6.31. The summed E-state index contributed by atoms with van der Waals surface area (Å²) >= 11 is 5.68. The molecule has 2 amide bonds. The number of anilines is 1. The third-order valence-electron chi connectivity index (χ3n) is 4.23. The van der Waals surface area contributed by atoms with E-state index in [1.54, 1.807) is 0 Å². The monoisotopic (exact) mass is 310 g/mol. The molecule has 1 heterocycles. The SMILES string of the molecule is O=C(Nc1ccc(F)c(Cl)c1)C1CC(=O)N(C2CCC2)C1. The molecule has 1 aliphatic heterocycles. The van der Waals surface area contributed by atoms with Gasteiger partial charge in [0.05, 0.1) is 10.9 Å². The fraction of sp³-hybridized carbons (Fsp3) is 0.467. The lowest BCUT2D eigenvalue weighted by Crippen LogP contribution is -2.41. The molecule has 4 nitrogen and oxygen atoms in total. The van der Waals surface area contributed by atoms with Crippen LogP contribution in [-0.2, 0) is 9.59 Å². The summed E-state index contributed by atoms with van der Waals surface area (Å²) in [5.41, 5.74) is 0.445. The summed E-state index contributed by atoms with van der Waals surface area (Å²) in [7, 11) is 0. The summed E-state index contributed by atoms with van der Waals surface area (Å²) in [4.78, 5) is 26.0. The Balaban J connectivity index is 1.63. The molecule has 1 saturated heterocycles. The molecule has 2 fully saturated rings. The zero-order valence-corrected chi connectivity index (χ0v) is 12.2. The third kappa shape index (κ3) is 2.88. The van der Waals surface area contributed by atoms with E-state index >= 15 is 0 Å². The molecule has 6 heteroatoms. The molecule has 1 saturated carbocycles. The van der Waals surface area contributed by atoms with Gasteiger partial charge in [0, 0.05) is 24.7 Å². The second kappa shape index (κ2) is 5.64. The highest BCUT2D eigenvalue weighted by Gasteiger charge is 2.39. The number of halogens is 2. The molecule has 3 rings (SSSR count). The third-order valence-corrected chi connectivity index (χ3v) is 4.52. The van der Waals surface area contributed by atoms with E-state index in [0.29, 0.717) is 18.3 Å². The van der Waals surface area contributed by atoms with Crippen molar-refractivity contribution in [3.63, 3.8) is 0 Å². The van der Waals surface area contributed by atoms with Crippen LogP contribution >= 0.6 is 11.6 Å². The maximum Gasteiger partial charge on any atom is 0.229 e. The number of benzene rings is 1. The Kier molecular flexibility index (Phi) is 3.85. The van der Waals surface area contributed by atoms with Crippen molar-refractivity contribution in [2.45, 2.75) is 31.7 Å². The van der Waals surface area contributed by atoms with Crippen molar-refractivity contribution in [2.75, 3.05) is 11.9 Å². The Morgan fingerprint density at radius 3 is 2.76 bits per heavy atom. The van der Waals surface area contributed by atoms with Crippen LogP contribution in [0, 0.1) is 11.7 Å². The van der Waals surface area contributed by atoms with Crippen molar-refractivity contribution in [1.29, 1.82) is 0 Å². The number of hydrogen-bond donors (Lipinski definition) is 1. The van der Waals surface area contributed by atoms with Crippen LogP contribution in [0.2, 0.25) is 5.02 Å². The molecular formula is C15H16ClFN2O2. The molecule has 0 bridgehead atoms. The number of rotatable bonds is 3. The summed E-state index contributed by atoms with van der Waals surface area (Å²) < 4.78 is 13.1. The van der Waals surface area contributed by atoms with Crippen LogP contribution in [0.5, 0.6) is 0 Å². The van der Waals surface area contributed by atoms with Crippen LogP contribution in [0.1, 0.15) is 25.7 Å². The van der Waals surface area contributed by atoms with Crippen molar-refractivity contribution < 1.29 is 14.0 Å². The fourth-order valence-electron chi connectivity index (χ4n) is 2.78. The Morgan fingerprint density at radius 1 is 1.38 bits per heavy atom. The number of carbonyl (C=O) groups excluding carboxylic acids is 2. The molecule has 1 aliphatic carbocycles. The van der Waals surface area contributed by atoms with E-state index in [4.69, 9.17) is 11.6 Å². The molecule has 0 aromatic heterocycles. The van der Waals surface area contributed by atoms with Crippen LogP contribution < -0.4 is 5.32 Å². The first kappa shape index (κ1) is 14.3. The average molecular weight is 311 g/mol. The van der Waals surface area contributed by atoms with E-state index in [2.05, 4.69) is 5.32 Å². The average Bonchev–Trinajstić information content (AvgIpc) is 2.74. The van der Waals surface area contributed by atoms with Crippen molar-refractivity contribution in [2.24, 2.45) is 5.92 Å². The number of nitrogens with zero attached hydrogens (tertiary/aromatic N) is 1. The van der Waals surface area contributed by atoms with Gasteiger partial charge in [-0.25, -0.2) is 4.39 Å². The molecule has 0 spiro atoms. The first-order valence-electron chi connectivity index (χ1n) is 7.10. The molecule has 21 heavy (non-hydrogen) atoms. The van der Waals surface area contributed by atoms with Crippen LogP contribution in [0.4, 0.5) is 10.1 Å². The minimum Gasteiger partial charge on any atom is -0.339 e. The van der Waals surface area contributed by atoms with Crippen LogP contribution in [0.3, 0.4) is 0 Å². The zero-order chi connectivity index (χ0) is 15.0. The normalized spacial score (nSPS) is 22.3. The quantitative estimate of drug-likeness (QED) is 0.933. The lowest BCUT2D eigenvalue weighted by atomic mass is 9.92. The molecule has 1 aromatic carbocycles. The number of hydrogen-bond acceptors (Lipinski definition) is 2. The van der Waals surface area contributed by atoms with Gasteiger partial charge in [-0.05, 0) is 37.5 Å². The van der Waals surface area contributed by atoms with Gasteiger partial charge in [-0.3, -0.25) is 9.59 Å². The summed E-state index contributed by atoms with van der Waals surface area (Å²) in [5, 5.41) is 2.66. The Hall–Kier alpha value is -1.62. The summed E-state index contributed by atoms with van der Waals surface area (Å²) in [6.45, 7) is 0.476. The van der Waals surface area contributed by atoms with Gasteiger partial charge in [0.1, 0.15) is 5.82 Å². The standard InChI is InChI=1S/C15H16ClFN2O2/c16-12-7-10(4-5-13(12)17)18-15(21)9-6-14(20)19(8-9)11-2-1-3-11/h4-5,7,9,11H,1-3,6,8H2,(H,18,21). The van der Waals surface area contributed by atoms with Crippen LogP contribution in [-0.4, -0.2) is 29.3 Å². The zero-order valence-electron chi connectivity index (χ0n) is 11.4. The molecule has 112 valence electrons. The van der Waals surface area contributed by atoms with Gasteiger partial charge < -0.3 is 10.2 Å². The smallest absolute Gasteiger partial charge is 0.229 e. The minimum absolute atomic E-state index is 0.0357. The molecule has 1 atom stereocenters. The van der Waals surface area contributed by atoms with Gasteiger partial charge in [0.2, 0.25) is 11.8 Å². The Labute approximate surface area is 127 Å². The van der Waals surface area contributed by atoms with Gasteiger partial charge in [-0.2, -0.15) is 0 Å². The predicted molar refractivity (Wildman–Crippen MR) is 77.5 cm³/mol. The predicted octanol–water partition coefficient (Wildman–Crippen LogP) is 2.82. The minimum atomic E-state index is -0.526. The van der Waals surface area contributed by atoms with E-state index in [-0.39, 0.29) is 29.2 Å². The van der Waals surface area contributed by atoms with Crippen molar-refractivity contribution in [1.82, 2.24) is 4.90 Å². The molecule has 2 aliphatic rings. The van der Waals surface area contributed by atoms with E-state index < -0.39 is 5.82 Å². The topological polar surface area (TPSA) is 49.4 Å². The van der Waals surface area contributed by atoms with Gasteiger partial charge in [-0.1, -0.05) is 11.6 Å². The molecule has 0 radical (unpaired) electrons. The number of carbonyl (C=O) groups is 2. The highest BCUT2D eigenvalue weighted by atomic mass is 35.5. The maximum absolute atomic E-state index is 13.1. The first-order valence-corrected chi connectivity index (χ1v) is 7.48. The van der Waals surface area contributed by atoms with E-state index in [0.717, 1.165) is 19.3 Å². The molecule has 1 aromatic rings. The van der Waals surface area contributed by atoms with Gasteiger partial charge >= 0.3 is 0 Å². The first-order chi connectivity index (χ1) is 10.0. The molecule has 1 unspecified atom stereocenters. The fourth-order valence-corrected chi connectivity index (χ4v) is 2.96. The van der Waals surface area contributed by atoms with Crippen molar-refractivity contribution in [3.8, 4) is 0 Å². The second-order valence-electron chi connectivity index (χ2n) is 5.65. The Bertz CT molecular complexity index is 589. The largest absolute Gasteiger partial charge is 0.339 e. The summed E-state index contributed by atoms with van der Waals surface area (Å²) in [6, 6.07) is 4.35. The number of nitrogens with one attached hydrogen (secondary N) is 1. The second-order valence-corrected chi connectivity index (χ2v) is 6.06. The van der Waals surface area contributed by atoms with Crippen LogP contribution in [0.15, 0.2) is 18.2 Å². The van der Waals surface area contributed by atoms with Gasteiger partial charge in [0.25, 0.3) is 0 Å². The lowest BCUT2D eigenvalue weighted by molar-refractivity contribution is -0.131. The van der Waals surface area contributed by atoms with Crippen LogP contribution in [0.25, 0.3) is 0 Å². The van der Waals surface area contributed by atoms with Crippen molar-refractivity contribution >= 4 is 29.1 Å². The summed E-state index contributed by atoms with van der Waals surface area (Å²) in [6.07, 6.45) is 3.47. The Morgan fingerprint density at radius 2 is 2.14 bits per heavy atom. The maximum atomic E-state index is 13.1. The highest BCUT2D eigenvalue weighted by Crippen LogP contribution is 2.31. The molecule has 1 N–H and O–H groups in total. The molecular weight excluding hydrogens is 295 g/mol. The van der Waals surface area contributed by atoms with Gasteiger partial charge in [0.15, 0.2) is 0 Å². The van der Waals surface area contributed by atoms with E-state index in [9.17, 15) is 14.0 Å². The number of amides is 2. The lowest BCUT2D eigenvalue weighted by Gasteiger charge is -2.34.